The molecule has 0 atom stereocenters. The van der Waals surface area contributed by atoms with E-state index in [1.165, 1.54) is 31.6 Å². The first kappa shape index (κ1) is 74.4. The van der Waals surface area contributed by atoms with E-state index in [1.54, 1.807) is 33.7 Å². The van der Waals surface area contributed by atoms with E-state index in [2.05, 4.69) is 137 Å². The van der Waals surface area contributed by atoms with Crippen molar-refractivity contribution in [1.82, 2.24) is 0 Å². The summed E-state index contributed by atoms with van der Waals surface area (Å²) in [5.74, 6) is 0.543. The van der Waals surface area contributed by atoms with Crippen molar-refractivity contribution in [2.75, 3.05) is 4.43 Å². The van der Waals surface area contributed by atoms with Crippen molar-refractivity contribution in [2.45, 2.75) is 292 Å². The molecule has 0 aliphatic carbocycles. The van der Waals surface area contributed by atoms with Crippen LogP contribution in [0.1, 0.15) is 249 Å². The Balaban J connectivity index is 0.00000159. The van der Waals surface area contributed by atoms with Crippen LogP contribution in [0.15, 0.2) is 51.1 Å². The van der Waals surface area contributed by atoms with E-state index in [4.69, 9.17) is 18.9 Å². The summed E-state index contributed by atoms with van der Waals surface area (Å²) in [6.07, 6.45) is 3.51. The summed E-state index contributed by atoms with van der Waals surface area (Å²) in [6.45, 7) is 49.8. The maximum absolute atomic E-state index is 13.9. The number of benzene rings is 3. The molecule has 438 valence electrons. The van der Waals surface area contributed by atoms with Gasteiger partial charge in [0.25, 0.3) is 0 Å². The average molecular weight is 1240 g/mol. The standard InChI is InChI=1S/C40H62O4S2.C20H33F3O2S.C2H5I.CH4/c1-15-33(41)19-17-27-21-31(37(3,4)5)22-28(18-20-34(42)16-2)35(27)45-46-36-29(25-43-39(9,10)11)23-32(38(6,7)8)24-30(36)26-44-40(12,13)14;1-18(2,3)16-10-14(12-24-19(4,5)6)17(26(21,22)23)15(11-16)13-25-20(7,8)9;1-2-3;/h21-24H,15-20,25-26H2,1-14H3;10-11H,12-13H2,1-9H3;2H2,1H3;1H4. The van der Waals surface area contributed by atoms with Gasteiger partial charge in [0.2, 0.25) is 11.2 Å². The molecule has 3 aromatic rings. The van der Waals surface area contributed by atoms with E-state index in [0.29, 0.717) is 51.7 Å². The van der Waals surface area contributed by atoms with Crippen LogP contribution in [-0.4, -0.2) is 38.4 Å². The van der Waals surface area contributed by atoms with Gasteiger partial charge >= 0.3 is 0 Å². The van der Waals surface area contributed by atoms with Gasteiger partial charge in [-0.2, -0.15) is 0 Å². The summed E-state index contributed by atoms with van der Waals surface area (Å²) in [6, 6.07) is 12.5. The molecule has 0 heterocycles. The minimum Gasteiger partial charge on any atom is -0.371 e. The van der Waals surface area contributed by atoms with Gasteiger partial charge in [0.15, 0.2) is 0 Å². The Hall–Kier alpha value is -1.59. The van der Waals surface area contributed by atoms with E-state index in [9.17, 15) is 21.2 Å². The SMILES string of the molecule is C.CC(C)(C)OCc1cc(C(C)(C)C)cc(COC(C)(C)C)c1S(F)(F)F.CCC(=O)CCc1cc(C(C)(C)C)cc(CCC(=O)CC)c1SSc1c(COC(C)(C)C)cc(C(C)(C)C)cc1COC(C)(C)C.CCI. The van der Waals surface area contributed by atoms with Crippen molar-refractivity contribution in [1.29, 1.82) is 0 Å². The van der Waals surface area contributed by atoms with Crippen molar-refractivity contribution in [3.63, 3.8) is 0 Å². The van der Waals surface area contributed by atoms with Crippen LogP contribution in [0.25, 0.3) is 0 Å². The zero-order valence-corrected chi connectivity index (χ0v) is 55.5. The topological polar surface area (TPSA) is 71.1 Å². The van der Waals surface area contributed by atoms with Crippen molar-refractivity contribution in [2.24, 2.45) is 0 Å². The molecule has 0 aliphatic rings. The molecule has 0 fully saturated rings. The van der Waals surface area contributed by atoms with Crippen LogP contribution in [-0.2, 0) is 84.1 Å². The molecule has 13 heteroatoms. The van der Waals surface area contributed by atoms with Crippen LogP contribution < -0.4 is 0 Å². The normalized spacial score (nSPS) is 13.1. The summed E-state index contributed by atoms with van der Waals surface area (Å²) in [7, 11) is 3.51. The van der Waals surface area contributed by atoms with E-state index in [-0.39, 0.29) is 70.8 Å². The predicted molar refractivity (Wildman–Crippen MR) is 333 cm³/mol. The van der Waals surface area contributed by atoms with E-state index >= 15 is 0 Å². The van der Waals surface area contributed by atoms with E-state index < -0.39 is 27.3 Å². The summed E-state index contributed by atoms with van der Waals surface area (Å²) in [5.41, 5.74) is 6.48. The van der Waals surface area contributed by atoms with Crippen molar-refractivity contribution in [3.8, 4) is 0 Å². The zero-order valence-electron chi connectivity index (χ0n) is 50.9. The number of aryl methyl sites for hydroxylation is 2. The molecular weight excluding hydrogens is 1130 g/mol. The quantitative estimate of drug-likeness (QED) is 0.0630. The highest BCUT2D eigenvalue weighted by Crippen LogP contribution is 2.63. The fourth-order valence-electron chi connectivity index (χ4n) is 7.04. The largest absolute Gasteiger partial charge is 0.371 e. The maximum Gasteiger partial charge on any atom is 0.238 e. The first-order chi connectivity index (χ1) is 33.9. The number of hydrogen-bond donors (Lipinski definition) is 0. The lowest BCUT2D eigenvalue weighted by molar-refractivity contribution is -0.119. The predicted octanol–water partition coefficient (Wildman–Crippen LogP) is 21.0. The van der Waals surface area contributed by atoms with Crippen molar-refractivity contribution >= 4 is 66.9 Å². The van der Waals surface area contributed by atoms with Crippen LogP contribution >= 0.6 is 55.4 Å². The smallest absolute Gasteiger partial charge is 0.238 e. The lowest BCUT2D eigenvalue weighted by Crippen LogP contribution is -2.22. The number of alkyl halides is 1. The molecule has 3 rings (SSSR count). The van der Waals surface area contributed by atoms with Crippen LogP contribution in [0.3, 0.4) is 0 Å². The molecule has 0 aliphatic heterocycles. The van der Waals surface area contributed by atoms with Gasteiger partial charge < -0.3 is 18.9 Å². The molecule has 76 heavy (non-hydrogen) atoms. The average Bonchev–Trinajstić information content (AvgIpc) is 3.24. The molecule has 0 radical (unpaired) electrons. The number of Topliss-reactive ketones (excluding diaryl/α,β-unsaturated/α-hetero) is 2. The number of hydrogen-bond acceptors (Lipinski definition) is 8. The second-order valence-electron chi connectivity index (χ2n) is 26.3. The van der Waals surface area contributed by atoms with Gasteiger partial charge in [-0.3, -0.25) is 9.59 Å². The minimum atomic E-state index is -5.42. The highest BCUT2D eigenvalue weighted by molar-refractivity contribution is 14.1. The molecule has 3 aromatic carbocycles. The second kappa shape index (κ2) is 31.0. The summed E-state index contributed by atoms with van der Waals surface area (Å²) < 4.78 is 67.2. The third-order valence-electron chi connectivity index (χ3n) is 11.5. The van der Waals surface area contributed by atoms with Gasteiger partial charge in [0, 0.05) is 35.5 Å². The fourth-order valence-corrected chi connectivity index (χ4v) is 10.8. The lowest BCUT2D eigenvalue weighted by Gasteiger charge is -2.28. The van der Waals surface area contributed by atoms with Gasteiger partial charge in [-0.15, -0.1) is 11.7 Å². The van der Waals surface area contributed by atoms with Crippen LogP contribution in [0.4, 0.5) is 11.7 Å². The maximum atomic E-state index is 13.9. The van der Waals surface area contributed by atoms with Gasteiger partial charge in [-0.05, 0) is 167 Å². The number of halogens is 4. The summed E-state index contributed by atoms with van der Waals surface area (Å²) >= 11 is -3.13. The van der Waals surface area contributed by atoms with Gasteiger partial charge in [0.1, 0.15) is 11.6 Å². The number of ether oxygens (including phenoxy) is 4. The Morgan fingerprint density at radius 1 is 0.447 bits per heavy atom. The van der Waals surface area contributed by atoms with Crippen LogP contribution in [0, 0.1) is 0 Å². The van der Waals surface area contributed by atoms with E-state index in [1.807, 2.05) is 76.2 Å². The molecule has 6 nitrogen and oxygen atoms in total. The molecule has 0 amide bonds. The monoisotopic (exact) mass is 1240 g/mol. The number of rotatable bonds is 20. The second-order valence-corrected chi connectivity index (χ2v) is 31.2. The number of carbonyl (C=O) groups excluding carboxylic acids is 2. The fraction of sp³-hybridized carbons (Fsp3) is 0.683. The lowest BCUT2D eigenvalue weighted by atomic mass is 9.83. The Kier molecular flexibility index (Phi) is 30.4. The Labute approximate surface area is 486 Å². The van der Waals surface area contributed by atoms with Crippen molar-refractivity contribution in [3.05, 3.63) is 86.5 Å². The Morgan fingerprint density at radius 3 is 0.895 bits per heavy atom. The third kappa shape index (κ3) is 28.7. The third-order valence-corrected chi connectivity index (χ3v) is 15.2. The van der Waals surface area contributed by atoms with E-state index in [0.717, 1.165) is 21.6 Å². The Morgan fingerprint density at radius 2 is 0.671 bits per heavy atom. The molecule has 0 saturated heterocycles. The first-order valence-corrected chi connectivity index (χ1v) is 31.8. The zero-order chi connectivity index (χ0) is 58.3. The van der Waals surface area contributed by atoms with Gasteiger partial charge in [0.05, 0.1) is 53.7 Å². The highest BCUT2D eigenvalue weighted by Gasteiger charge is 2.34. The molecule has 0 bridgehead atoms. The molecule has 0 aromatic heterocycles. The number of ketones is 2. The minimum absolute atomic E-state index is 0. The Bertz CT molecular complexity index is 2160. The molecule has 0 N–H and O–H groups in total. The molecule has 0 saturated carbocycles. The highest BCUT2D eigenvalue weighted by atomic mass is 127. The van der Waals surface area contributed by atoms with Gasteiger partial charge in [-0.25, -0.2) is 0 Å². The van der Waals surface area contributed by atoms with Crippen molar-refractivity contribution < 1.29 is 40.2 Å². The molecular formula is C63H104F3IO6S3. The molecule has 0 unspecified atom stereocenters. The van der Waals surface area contributed by atoms with Crippen LogP contribution in [0.2, 0.25) is 0 Å². The van der Waals surface area contributed by atoms with Crippen LogP contribution in [0.5, 0.6) is 0 Å². The number of carbonyl (C=O) groups is 2. The summed E-state index contributed by atoms with van der Waals surface area (Å²) in [4.78, 5) is 26.8. The first-order valence-electron chi connectivity index (χ1n) is 26.8. The van der Waals surface area contributed by atoms with Gasteiger partial charge in [-0.1, -0.05) is 171 Å². The molecule has 0 spiro atoms. The summed E-state index contributed by atoms with van der Waals surface area (Å²) in [5, 5.41) is 0.